The molecule has 4 aliphatic rings. The molecule has 0 atom stereocenters. The molecule has 0 saturated carbocycles. The minimum atomic E-state index is -0.192. The maximum absolute atomic E-state index is 12.7. The highest BCUT2D eigenvalue weighted by Gasteiger charge is 2.46. The first kappa shape index (κ1) is 18.0. The third kappa shape index (κ3) is 3.42. The van der Waals surface area contributed by atoms with E-state index in [4.69, 9.17) is 4.74 Å². The van der Waals surface area contributed by atoms with Crippen molar-refractivity contribution in [2.24, 2.45) is 5.41 Å². The van der Waals surface area contributed by atoms with Crippen LogP contribution in [0.2, 0.25) is 0 Å². The van der Waals surface area contributed by atoms with Gasteiger partial charge in [0.1, 0.15) is 0 Å². The number of rotatable bonds is 2. The lowest BCUT2D eigenvalue weighted by Crippen LogP contribution is -2.61. The van der Waals surface area contributed by atoms with Gasteiger partial charge in [-0.1, -0.05) is 0 Å². The van der Waals surface area contributed by atoms with Gasteiger partial charge in [-0.3, -0.25) is 9.69 Å². The first-order chi connectivity index (χ1) is 14.1. The third-order valence-corrected chi connectivity index (χ3v) is 6.01. The van der Waals surface area contributed by atoms with Crippen molar-refractivity contribution in [3.8, 4) is 0 Å². The zero-order valence-corrected chi connectivity index (χ0v) is 16.2. The average Bonchev–Trinajstić information content (AvgIpc) is 3.17. The Morgan fingerprint density at radius 2 is 2.00 bits per heavy atom. The van der Waals surface area contributed by atoms with Crippen LogP contribution in [0.15, 0.2) is 60.1 Å². The molecule has 0 unspecified atom stereocenters. The lowest BCUT2D eigenvalue weighted by molar-refractivity contribution is -0.0863. The summed E-state index contributed by atoms with van der Waals surface area (Å²) >= 11 is 0. The van der Waals surface area contributed by atoms with Gasteiger partial charge in [0.2, 0.25) is 0 Å². The number of nitrogens with zero attached hydrogens (tertiary/aromatic N) is 2. The van der Waals surface area contributed by atoms with Gasteiger partial charge >= 0.3 is 6.03 Å². The van der Waals surface area contributed by atoms with E-state index >= 15 is 0 Å². The molecule has 2 N–H and O–H groups in total. The van der Waals surface area contributed by atoms with Crippen molar-refractivity contribution >= 4 is 17.6 Å². The SMILES string of the molecule is O=C(Nc1ccc(C(=O)N2CC3(CCCOC3)C2)cc1)N1C=C2C=CNC=C2C1. The Morgan fingerprint density at radius 3 is 2.72 bits per heavy atom. The number of hydrogen-bond donors (Lipinski definition) is 2. The Bertz CT molecular complexity index is 918. The highest BCUT2D eigenvalue weighted by Crippen LogP contribution is 2.38. The van der Waals surface area contributed by atoms with Crippen LogP contribution in [0.3, 0.4) is 0 Å². The molecule has 0 radical (unpaired) electrons. The number of benzene rings is 1. The predicted octanol–water partition coefficient (Wildman–Crippen LogP) is 2.67. The molecule has 2 saturated heterocycles. The fraction of sp³-hybridized carbons (Fsp3) is 0.364. The number of ether oxygens (including phenoxy) is 1. The third-order valence-electron chi connectivity index (χ3n) is 6.01. The number of amides is 3. The van der Waals surface area contributed by atoms with Crippen molar-refractivity contribution in [3.63, 3.8) is 0 Å². The number of likely N-dealkylation sites (tertiary alicyclic amines) is 1. The summed E-state index contributed by atoms with van der Waals surface area (Å²) in [6, 6.07) is 6.92. The van der Waals surface area contributed by atoms with Gasteiger partial charge < -0.3 is 20.3 Å². The first-order valence-electron chi connectivity index (χ1n) is 10.0. The summed E-state index contributed by atoms with van der Waals surface area (Å²) in [5.74, 6) is 0.0404. The van der Waals surface area contributed by atoms with Crippen LogP contribution in [0.5, 0.6) is 0 Å². The molecule has 4 aliphatic heterocycles. The minimum Gasteiger partial charge on any atom is -0.381 e. The lowest BCUT2D eigenvalue weighted by Gasteiger charge is -2.51. The molecule has 4 heterocycles. The minimum absolute atomic E-state index is 0.0404. The second-order valence-electron chi connectivity index (χ2n) is 8.21. The average molecular weight is 392 g/mol. The summed E-state index contributed by atoms with van der Waals surface area (Å²) in [4.78, 5) is 28.8. The summed E-state index contributed by atoms with van der Waals surface area (Å²) < 4.78 is 5.59. The first-order valence-corrected chi connectivity index (χ1v) is 10.0. The van der Waals surface area contributed by atoms with Crippen LogP contribution in [-0.4, -0.2) is 54.6 Å². The van der Waals surface area contributed by atoms with Gasteiger partial charge in [0.05, 0.1) is 13.2 Å². The van der Waals surface area contributed by atoms with E-state index in [1.165, 1.54) is 0 Å². The number of nitrogens with one attached hydrogen (secondary N) is 2. The predicted molar refractivity (Wildman–Crippen MR) is 109 cm³/mol. The number of hydrogen-bond acceptors (Lipinski definition) is 4. The van der Waals surface area contributed by atoms with Crippen LogP contribution in [0.4, 0.5) is 10.5 Å². The molecule has 0 bridgehead atoms. The largest absolute Gasteiger partial charge is 0.381 e. The van der Waals surface area contributed by atoms with E-state index in [-0.39, 0.29) is 17.4 Å². The molecule has 5 rings (SSSR count). The van der Waals surface area contributed by atoms with Crippen molar-refractivity contribution in [1.82, 2.24) is 15.1 Å². The van der Waals surface area contributed by atoms with Crippen molar-refractivity contribution in [2.45, 2.75) is 12.8 Å². The zero-order valence-electron chi connectivity index (χ0n) is 16.2. The van der Waals surface area contributed by atoms with Crippen LogP contribution in [0.1, 0.15) is 23.2 Å². The molecule has 0 aromatic heterocycles. The number of carbonyl (C=O) groups excluding carboxylic acids is 2. The molecule has 3 amide bonds. The van der Waals surface area contributed by atoms with E-state index in [1.807, 2.05) is 29.6 Å². The Kier molecular flexibility index (Phi) is 4.39. The molecule has 0 aliphatic carbocycles. The van der Waals surface area contributed by atoms with Crippen LogP contribution in [0.25, 0.3) is 0 Å². The highest BCUT2D eigenvalue weighted by molar-refractivity contribution is 5.96. The van der Waals surface area contributed by atoms with Crippen molar-refractivity contribution in [3.05, 3.63) is 65.7 Å². The van der Waals surface area contributed by atoms with E-state index in [1.54, 1.807) is 29.2 Å². The van der Waals surface area contributed by atoms with E-state index in [9.17, 15) is 9.59 Å². The summed E-state index contributed by atoms with van der Waals surface area (Å²) in [7, 11) is 0. The molecule has 150 valence electrons. The van der Waals surface area contributed by atoms with Crippen molar-refractivity contribution in [1.29, 1.82) is 0 Å². The van der Waals surface area contributed by atoms with Gasteiger partial charge in [-0.2, -0.15) is 0 Å². The van der Waals surface area contributed by atoms with Crippen LogP contribution >= 0.6 is 0 Å². The molecule has 29 heavy (non-hydrogen) atoms. The molecular formula is C22H24N4O3. The Hall–Kier alpha value is -3.06. The fourth-order valence-corrected chi connectivity index (χ4v) is 4.41. The van der Waals surface area contributed by atoms with E-state index < -0.39 is 0 Å². The second kappa shape index (κ2) is 7.08. The number of anilines is 1. The molecule has 1 aromatic carbocycles. The van der Waals surface area contributed by atoms with Crippen LogP contribution in [0, 0.1) is 5.41 Å². The van der Waals surface area contributed by atoms with Crippen molar-refractivity contribution < 1.29 is 14.3 Å². The summed E-state index contributed by atoms with van der Waals surface area (Å²) in [6.45, 7) is 3.68. The standard InChI is InChI=1S/C22H24N4O3/c27-20(26-13-22(14-26)7-1-9-29-15-22)16-2-4-19(5-3-16)24-21(28)25-11-17-6-8-23-10-18(17)12-25/h2-6,8,10-11,23H,1,7,9,12-15H2,(H,24,28). The maximum Gasteiger partial charge on any atom is 0.326 e. The highest BCUT2D eigenvalue weighted by atomic mass is 16.5. The van der Waals surface area contributed by atoms with Gasteiger partial charge in [0.25, 0.3) is 5.91 Å². The Balaban J connectivity index is 1.18. The molecule has 1 spiro atoms. The molecule has 2 fully saturated rings. The second-order valence-corrected chi connectivity index (χ2v) is 8.21. The Morgan fingerprint density at radius 1 is 1.17 bits per heavy atom. The molecule has 7 nitrogen and oxygen atoms in total. The normalized spacial score (nSPS) is 21.7. The summed E-state index contributed by atoms with van der Waals surface area (Å²) in [5.41, 5.74) is 3.60. The van der Waals surface area contributed by atoms with Gasteiger partial charge in [0.15, 0.2) is 0 Å². The van der Waals surface area contributed by atoms with Crippen LogP contribution in [-0.2, 0) is 4.74 Å². The number of carbonyl (C=O) groups is 2. The fourth-order valence-electron chi connectivity index (χ4n) is 4.41. The Labute approximate surface area is 169 Å². The van der Waals surface area contributed by atoms with E-state index in [0.29, 0.717) is 17.8 Å². The summed E-state index contributed by atoms with van der Waals surface area (Å²) in [6.07, 6.45) is 9.74. The van der Waals surface area contributed by atoms with Gasteiger partial charge in [-0.05, 0) is 54.3 Å². The van der Waals surface area contributed by atoms with Gasteiger partial charge in [0, 0.05) is 55.0 Å². The van der Waals surface area contributed by atoms with Crippen molar-refractivity contribution in [2.75, 3.05) is 38.2 Å². The molecule has 7 heteroatoms. The number of allylic oxidation sites excluding steroid dienone is 1. The van der Waals surface area contributed by atoms with E-state index in [0.717, 1.165) is 50.3 Å². The van der Waals surface area contributed by atoms with Crippen LogP contribution < -0.4 is 10.6 Å². The topological polar surface area (TPSA) is 73.9 Å². The monoisotopic (exact) mass is 392 g/mol. The molecule has 1 aromatic rings. The van der Waals surface area contributed by atoms with E-state index in [2.05, 4.69) is 10.6 Å². The summed E-state index contributed by atoms with van der Waals surface area (Å²) in [5, 5.41) is 5.93. The lowest BCUT2D eigenvalue weighted by atomic mass is 9.75. The maximum atomic E-state index is 12.7. The smallest absolute Gasteiger partial charge is 0.326 e. The quantitative estimate of drug-likeness (QED) is 0.812. The number of dihydropyridines is 1. The van der Waals surface area contributed by atoms with Gasteiger partial charge in [-0.15, -0.1) is 0 Å². The molecular weight excluding hydrogens is 368 g/mol. The number of fused-ring (bicyclic) bond motifs is 1. The zero-order chi connectivity index (χ0) is 19.8. The number of urea groups is 1. The van der Waals surface area contributed by atoms with Gasteiger partial charge in [-0.25, -0.2) is 4.79 Å².